The van der Waals surface area contributed by atoms with E-state index in [1.165, 1.54) is 36.3 Å². The molecule has 0 saturated carbocycles. The van der Waals surface area contributed by atoms with Gasteiger partial charge in [-0.3, -0.25) is 14.5 Å². The maximum absolute atomic E-state index is 12.7. The fraction of sp³-hybridized carbons (Fsp3) is 0.318. The highest BCUT2D eigenvalue weighted by atomic mass is 32.2. The summed E-state index contributed by atoms with van der Waals surface area (Å²) < 4.78 is 37.9. The van der Waals surface area contributed by atoms with Gasteiger partial charge in [0.05, 0.1) is 18.1 Å². The molecule has 0 radical (unpaired) electrons. The maximum atomic E-state index is 12.7. The summed E-state index contributed by atoms with van der Waals surface area (Å²) in [6.07, 6.45) is 0. The number of amides is 1. The van der Waals surface area contributed by atoms with Gasteiger partial charge < -0.3 is 9.47 Å². The van der Waals surface area contributed by atoms with E-state index in [0.29, 0.717) is 11.4 Å². The number of ether oxygens (including phenoxy) is 2. The van der Waals surface area contributed by atoms with Gasteiger partial charge in [-0.2, -0.15) is 9.98 Å². The molecular weight excluding hydrogens is 434 g/mol. The number of nitriles is 1. The normalized spacial score (nSPS) is 12.0. The van der Waals surface area contributed by atoms with Gasteiger partial charge in [0.2, 0.25) is 10.0 Å². The molecule has 170 valence electrons. The highest BCUT2D eigenvalue weighted by Gasteiger charge is 2.30. The van der Waals surface area contributed by atoms with Crippen LogP contribution >= 0.6 is 0 Å². The van der Waals surface area contributed by atoms with Crippen LogP contribution in [0.2, 0.25) is 0 Å². The van der Waals surface area contributed by atoms with Gasteiger partial charge in [-0.25, -0.2) is 8.42 Å². The highest BCUT2D eigenvalue weighted by Crippen LogP contribution is 2.18. The summed E-state index contributed by atoms with van der Waals surface area (Å²) in [7, 11) is -2.56. The monoisotopic (exact) mass is 459 g/mol. The van der Waals surface area contributed by atoms with E-state index in [2.05, 4.69) is 4.72 Å². The summed E-state index contributed by atoms with van der Waals surface area (Å²) in [5.41, 5.74) is 0.482. The summed E-state index contributed by atoms with van der Waals surface area (Å²) >= 11 is 0. The summed E-state index contributed by atoms with van der Waals surface area (Å²) in [6.45, 7) is 2.44. The highest BCUT2D eigenvalue weighted by molar-refractivity contribution is 7.89. The van der Waals surface area contributed by atoms with Crippen molar-refractivity contribution >= 4 is 27.6 Å². The average Bonchev–Trinajstić information content (AvgIpc) is 2.79. The van der Waals surface area contributed by atoms with Crippen molar-refractivity contribution in [2.24, 2.45) is 5.92 Å². The minimum Gasteiger partial charge on any atom is -0.497 e. The van der Waals surface area contributed by atoms with Crippen molar-refractivity contribution < 1.29 is 27.5 Å². The van der Waals surface area contributed by atoms with E-state index in [9.17, 15) is 18.0 Å². The molecule has 2 aromatic carbocycles. The molecular formula is C22H25N3O6S. The van der Waals surface area contributed by atoms with Gasteiger partial charge in [-0.15, -0.1) is 0 Å². The molecule has 0 spiro atoms. The van der Waals surface area contributed by atoms with Crippen LogP contribution in [0.25, 0.3) is 0 Å². The molecule has 0 aliphatic carbocycles. The van der Waals surface area contributed by atoms with Crippen molar-refractivity contribution in [3.8, 4) is 11.8 Å². The van der Waals surface area contributed by atoms with Crippen molar-refractivity contribution in [3.05, 3.63) is 54.6 Å². The number of hydrogen-bond donors (Lipinski definition) is 1. The Hall–Kier alpha value is -3.42. The number of nitrogens with one attached hydrogen (secondary N) is 1. The van der Waals surface area contributed by atoms with E-state index in [-0.39, 0.29) is 11.4 Å². The number of carbonyl (C=O) groups is 2. The number of carbonyl (C=O) groups excluding carboxylic acids is 2. The SMILES string of the molecule is COc1ccc(S(=O)(=O)NC(C(=O)OCC(=O)N(CC#N)c2ccccc2)C(C)C)cc1. The zero-order chi connectivity index (χ0) is 23.7. The first-order chi connectivity index (χ1) is 15.2. The zero-order valence-corrected chi connectivity index (χ0v) is 18.8. The smallest absolute Gasteiger partial charge is 0.324 e. The van der Waals surface area contributed by atoms with Crippen LogP contribution in [0.5, 0.6) is 5.75 Å². The van der Waals surface area contributed by atoms with E-state index >= 15 is 0 Å². The second kappa shape index (κ2) is 11.3. The molecule has 0 heterocycles. The lowest BCUT2D eigenvalue weighted by atomic mass is 10.1. The Labute approximate surface area is 187 Å². The van der Waals surface area contributed by atoms with Crippen molar-refractivity contribution in [1.82, 2.24) is 4.72 Å². The molecule has 0 bridgehead atoms. The number of esters is 1. The Balaban J connectivity index is 2.09. The molecule has 1 N–H and O–H groups in total. The minimum absolute atomic E-state index is 0.0444. The number of benzene rings is 2. The quantitative estimate of drug-likeness (QED) is 0.426. The third-order valence-corrected chi connectivity index (χ3v) is 5.97. The third kappa shape index (κ3) is 6.54. The molecule has 1 atom stereocenters. The van der Waals surface area contributed by atoms with Gasteiger partial charge in [0, 0.05) is 5.69 Å². The van der Waals surface area contributed by atoms with E-state index in [4.69, 9.17) is 14.7 Å². The van der Waals surface area contributed by atoms with Crippen LogP contribution in [-0.4, -0.2) is 46.6 Å². The van der Waals surface area contributed by atoms with Crippen molar-refractivity contribution in [1.29, 1.82) is 5.26 Å². The Morgan fingerprint density at radius 3 is 2.25 bits per heavy atom. The van der Waals surface area contributed by atoms with Crippen LogP contribution < -0.4 is 14.4 Å². The number of nitrogens with zero attached hydrogens (tertiary/aromatic N) is 2. The molecule has 10 heteroatoms. The Kier molecular flexibility index (Phi) is 8.75. The molecule has 0 aliphatic heterocycles. The fourth-order valence-electron chi connectivity index (χ4n) is 2.75. The first-order valence-electron chi connectivity index (χ1n) is 9.75. The van der Waals surface area contributed by atoms with Crippen LogP contribution in [0.3, 0.4) is 0 Å². The van der Waals surface area contributed by atoms with E-state index in [1.807, 2.05) is 6.07 Å². The van der Waals surface area contributed by atoms with Gasteiger partial charge >= 0.3 is 5.97 Å². The standard InChI is InChI=1S/C22H25N3O6S/c1-16(2)21(24-32(28,29)19-11-9-18(30-3)10-12-19)22(27)31-15-20(26)25(14-13-23)17-7-5-4-6-8-17/h4-12,16,21,24H,14-15H2,1-3H3. The summed E-state index contributed by atoms with van der Waals surface area (Å²) in [5, 5.41) is 9.02. The summed E-state index contributed by atoms with van der Waals surface area (Å²) in [4.78, 5) is 26.3. The van der Waals surface area contributed by atoms with Gasteiger partial charge in [0.25, 0.3) is 5.91 Å². The van der Waals surface area contributed by atoms with Crippen molar-refractivity contribution in [2.45, 2.75) is 24.8 Å². The first-order valence-corrected chi connectivity index (χ1v) is 11.2. The minimum atomic E-state index is -4.03. The topological polar surface area (TPSA) is 126 Å². The molecule has 1 amide bonds. The number of para-hydroxylation sites is 1. The molecule has 0 aromatic heterocycles. The Morgan fingerprint density at radius 1 is 1.09 bits per heavy atom. The number of anilines is 1. The van der Waals surface area contributed by atoms with Gasteiger partial charge in [0.15, 0.2) is 6.61 Å². The third-order valence-electron chi connectivity index (χ3n) is 4.51. The molecule has 0 saturated heterocycles. The van der Waals surface area contributed by atoms with Gasteiger partial charge in [-0.1, -0.05) is 32.0 Å². The van der Waals surface area contributed by atoms with E-state index < -0.39 is 40.5 Å². The number of methoxy groups -OCH3 is 1. The number of sulfonamides is 1. The summed E-state index contributed by atoms with van der Waals surface area (Å²) in [5.74, 6) is -1.46. The van der Waals surface area contributed by atoms with Crippen LogP contribution in [0.15, 0.2) is 59.5 Å². The van der Waals surface area contributed by atoms with Crippen molar-refractivity contribution in [2.75, 3.05) is 25.2 Å². The molecule has 0 fully saturated rings. The predicted molar refractivity (Wildman–Crippen MR) is 117 cm³/mol. The first kappa shape index (κ1) is 24.8. The van der Waals surface area contributed by atoms with Crippen LogP contribution in [0, 0.1) is 17.2 Å². The number of hydrogen-bond acceptors (Lipinski definition) is 7. The number of rotatable bonds is 10. The zero-order valence-electron chi connectivity index (χ0n) is 18.0. The molecule has 0 aliphatic rings. The van der Waals surface area contributed by atoms with Gasteiger partial charge in [0.1, 0.15) is 18.3 Å². The summed E-state index contributed by atoms with van der Waals surface area (Å²) in [6, 6.07) is 14.9. The molecule has 9 nitrogen and oxygen atoms in total. The molecule has 32 heavy (non-hydrogen) atoms. The second-order valence-corrected chi connectivity index (χ2v) is 8.81. The largest absolute Gasteiger partial charge is 0.497 e. The Bertz CT molecular complexity index is 1060. The van der Waals surface area contributed by atoms with E-state index in [1.54, 1.807) is 44.2 Å². The molecule has 2 rings (SSSR count). The molecule has 1 unspecified atom stereocenters. The van der Waals surface area contributed by atoms with E-state index in [0.717, 1.165) is 0 Å². The lowest BCUT2D eigenvalue weighted by Crippen LogP contribution is -2.46. The van der Waals surface area contributed by atoms with Gasteiger partial charge in [-0.05, 0) is 42.3 Å². The maximum Gasteiger partial charge on any atom is 0.324 e. The average molecular weight is 460 g/mol. The Morgan fingerprint density at radius 2 is 1.72 bits per heavy atom. The lowest BCUT2D eigenvalue weighted by molar-refractivity contribution is -0.150. The van der Waals surface area contributed by atoms with Crippen LogP contribution in [0.1, 0.15) is 13.8 Å². The van der Waals surface area contributed by atoms with Crippen LogP contribution in [0.4, 0.5) is 5.69 Å². The predicted octanol–water partition coefficient (Wildman–Crippen LogP) is 2.10. The molecule has 2 aromatic rings. The van der Waals surface area contributed by atoms with Crippen molar-refractivity contribution in [3.63, 3.8) is 0 Å². The second-order valence-electron chi connectivity index (χ2n) is 7.10. The van der Waals surface area contributed by atoms with Crippen LogP contribution in [-0.2, 0) is 24.3 Å². The fourth-order valence-corrected chi connectivity index (χ4v) is 4.08. The lowest BCUT2D eigenvalue weighted by Gasteiger charge is -2.23.